The quantitative estimate of drug-likeness (QED) is 0.0565. The van der Waals surface area contributed by atoms with Crippen LogP contribution in [0.4, 0.5) is 4.39 Å². The summed E-state index contributed by atoms with van der Waals surface area (Å²) in [5.41, 5.74) is -4.92. The molecule has 3 rings (SSSR count). The van der Waals surface area contributed by atoms with Crippen molar-refractivity contribution in [1.29, 1.82) is 0 Å². The lowest BCUT2D eigenvalue weighted by Crippen LogP contribution is -2.65. The van der Waals surface area contributed by atoms with Crippen LogP contribution in [0, 0.1) is 34.9 Å². The molecule has 440 valence electrons. The zero-order valence-corrected chi connectivity index (χ0v) is 49.9. The number of hydrogen-bond acceptors (Lipinski definition) is 10. The number of nitrogens with one attached hydrogen (secondary N) is 8. The van der Waals surface area contributed by atoms with Gasteiger partial charge in [0, 0.05) is 25.2 Å². The van der Waals surface area contributed by atoms with Crippen LogP contribution >= 0.6 is 0 Å². The van der Waals surface area contributed by atoms with Crippen molar-refractivity contribution in [2.24, 2.45) is 29.1 Å². The Morgan fingerprint density at radius 1 is 0.615 bits per heavy atom. The molecule has 0 spiro atoms. The predicted molar refractivity (Wildman–Crippen MR) is 300 cm³/mol. The zero-order chi connectivity index (χ0) is 59.1. The molecule has 1 aliphatic heterocycles. The Labute approximate surface area is 464 Å². The summed E-state index contributed by atoms with van der Waals surface area (Å²) in [7, 11) is 3.74. The molecule has 0 unspecified atom stereocenters. The number of nitrogens with zero attached hydrogens (tertiary/aromatic N) is 2. The largest absolute Gasteiger partial charge is 0.353 e. The highest BCUT2D eigenvalue weighted by atomic mass is 19.1. The molecule has 20 heteroatoms. The van der Waals surface area contributed by atoms with Crippen molar-refractivity contribution in [2.45, 2.75) is 214 Å². The van der Waals surface area contributed by atoms with Gasteiger partial charge in [-0.25, -0.2) is 4.39 Å². The number of likely N-dealkylation sites (tertiary alicyclic amines) is 1. The summed E-state index contributed by atoms with van der Waals surface area (Å²) in [6.45, 7) is 25.3. The van der Waals surface area contributed by atoms with Crippen LogP contribution in [0.3, 0.4) is 0 Å². The van der Waals surface area contributed by atoms with Crippen LogP contribution in [0.5, 0.6) is 0 Å². The van der Waals surface area contributed by atoms with Gasteiger partial charge >= 0.3 is 0 Å². The first kappa shape index (κ1) is 66.6. The first-order chi connectivity index (χ1) is 36.1. The van der Waals surface area contributed by atoms with Gasteiger partial charge in [0.1, 0.15) is 52.6 Å². The van der Waals surface area contributed by atoms with Gasteiger partial charge in [0.15, 0.2) is 0 Å². The Kier molecular flexibility index (Phi) is 24.8. The van der Waals surface area contributed by atoms with Crippen LogP contribution in [0.2, 0.25) is 0 Å². The summed E-state index contributed by atoms with van der Waals surface area (Å²) in [5.74, 6) is -5.70. The van der Waals surface area contributed by atoms with Crippen molar-refractivity contribution >= 4 is 53.2 Å². The molecule has 1 aromatic carbocycles. The first-order valence-electron chi connectivity index (χ1n) is 28.2. The molecule has 2 fully saturated rings. The van der Waals surface area contributed by atoms with Gasteiger partial charge in [0.05, 0.1) is 0 Å². The van der Waals surface area contributed by atoms with E-state index in [1.165, 1.54) is 56.9 Å². The third-order valence-corrected chi connectivity index (χ3v) is 14.7. The van der Waals surface area contributed by atoms with E-state index in [1.54, 1.807) is 13.8 Å². The monoisotopic (exact) mass is 1100 g/mol. The molecule has 0 bridgehead atoms. The Hall–Kier alpha value is -5.66. The summed E-state index contributed by atoms with van der Waals surface area (Å²) >= 11 is 0. The Morgan fingerprint density at radius 2 is 1.08 bits per heavy atom. The molecule has 19 nitrogen and oxygen atoms in total. The summed E-state index contributed by atoms with van der Waals surface area (Å²) < 4.78 is 13.8. The van der Waals surface area contributed by atoms with E-state index in [0.29, 0.717) is 31.8 Å². The minimum absolute atomic E-state index is 0.0905. The van der Waals surface area contributed by atoms with E-state index >= 15 is 0 Å². The molecular formula is C58H97FN10O9. The molecule has 1 aliphatic carbocycles. The molecule has 9 amide bonds. The Morgan fingerprint density at radius 3 is 1.56 bits per heavy atom. The summed E-state index contributed by atoms with van der Waals surface area (Å²) in [6, 6.07) is -0.307. The third kappa shape index (κ3) is 20.5. The number of likely N-dealkylation sites (N-methyl/N-ethyl adjacent to an activating group) is 1. The minimum Gasteiger partial charge on any atom is -0.353 e. The van der Waals surface area contributed by atoms with Gasteiger partial charge in [-0.3, -0.25) is 43.2 Å². The maximum absolute atomic E-state index is 14.5. The van der Waals surface area contributed by atoms with E-state index in [1.807, 2.05) is 74.4 Å². The SMILES string of the molecule is CC(C)C[C@H](NC(=O)[C@H](CCC1CCCCC1)NC(=O)[C@H]1N(C(=O)c2ccc(F)cc2)CCC1(C)C)C(=O)NC(C)(C)C(=O)N[C@@H](CC(C)C)C(=O)N[C@@H](CC(C)C)C(=O)NC(C)(C)C(=O)NC(C)(C)C(=O)NCCN(C)C. The molecule has 5 atom stereocenters. The summed E-state index contributed by atoms with van der Waals surface area (Å²) in [6.07, 6.45) is 7.25. The second-order valence-electron chi connectivity index (χ2n) is 25.7. The number of carbonyl (C=O) groups is 9. The van der Waals surface area contributed by atoms with Gasteiger partial charge in [-0.2, -0.15) is 0 Å². The Balaban J connectivity index is 1.81. The summed E-state index contributed by atoms with van der Waals surface area (Å²) in [4.78, 5) is 130. The van der Waals surface area contributed by atoms with E-state index in [0.717, 1.165) is 32.1 Å². The van der Waals surface area contributed by atoms with Crippen molar-refractivity contribution in [2.75, 3.05) is 33.7 Å². The van der Waals surface area contributed by atoms with Gasteiger partial charge in [0.2, 0.25) is 47.3 Å². The van der Waals surface area contributed by atoms with Crippen molar-refractivity contribution in [3.8, 4) is 0 Å². The van der Waals surface area contributed by atoms with Gasteiger partial charge in [-0.1, -0.05) is 87.5 Å². The van der Waals surface area contributed by atoms with Gasteiger partial charge in [0.25, 0.3) is 5.91 Å². The van der Waals surface area contributed by atoms with Gasteiger partial charge in [-0.15, -0.1) is 0 Å². The van der Waals surface area contributed by atoms with Crippen LogP contribution in [0.25, 0.3) is 0 Å². The van der Waals surface area contributed by atoms with Gasteiger partial charge < -0.3 is 52.3 Å². The molecule has 1 saturated carbocycles. The number of benzene rings is 1. The average molecular weight is 1100 g/mol. The van der Waals surface area contributed by atoms with E-state index in [4.69, 9.17) is 0 Å². The first-order valence-corrected chi connectivity index (χ1v) is 28.2. The maximum Gasteiger partial charge on any atom is 0.254 e. The zero-order valence-electron chi connectivity index (χ0n) is 49.9. The van der Waals surface area contributed by atoms with Gasteiger partial charge in [-0.05, 0) is 148 Å². The third-order valence-electron chi connectivity index (χ3n) is 14.7. The Bertz CT molecular complexity index is 2240. The number of hydrogen-bond donors (Lipinski definition) is 8. The van der Waals surface area contributed by atoms with Crippen molar-refractivity contribution in [1.82, 2.24) is 52.3 Å². The minimum atomic E-state index is -1.64. The standard InChI is InChI=1S/C58H97FN10O9/c1-35(2)32-42(47(71)63-44(34-37(5)6)49(73)66-58(13,14)54(78)67-56(9,10)52(76)60-29-31-68(15)16)64-53(77)57(11,12)65-48(72)43(33-36(3)4)62-46(70)41(27-22-38-20-18-17-19-21-38)61-50(74)45-55(7,8)28-30-69(45)51(75)39-23-25-40(59)26-24-39/h23-26,35-38,41-45H,17-22,27-34H2,1-16H3,(H,60,76)(H,61,74)(H,62,70)(H,63,71)(H,64,77)(H,65,72)(H,66,73)(H,67,78)/t41-,42-,43-,44-,45+/m0/s1. The van der Waals surface area contributed by atoms with Crippen LogP contribution in [-0.2, 0) is 38.4 Å². The number of rotatable bonds is 28. The van der Waals surface area contributed by atoms with E-state index in [2.05, 4.69) is 42.5 Å². The lowest BCUT2D eigenvalue weighted by molar-refractivity contribution is -0.139. The molecule has 1 aromatic rings. The second kappa shape index (κ2) is 29.0. The van der Waals surface area contributed by atoms with E-state index < -0.39 is 111 Å². The summed E-state index contributed by atoms with van der Waals surface area (Å²) in [5, 5.41) is 22.6. The molecular weight excluding hydrogens is 1000 g/mol. The van der Waals surface area contributed by atoms with Crippen LogP contribution in [0.1, 0.15) is 178 Å². The van der Waals surface area contributed by atoms with Crippen LogP contribution < -0.4 is 42.5 Å². The molecule has 1 heterocycles. The normalized spacial score (nSPS) is 17.7. The van der Waals surface area contributed by atoms with Crippen LogP contribution in [-0.4, -0.2) is 144 Å². The second-order valence-corrected chi connectivity index (χ2v) is 25.7. The lowest BCUT2D eigenvalue weighted by atomic mass is 9.83. The highest BCUT2D eigenvalue weighted by Gasteiger charge is 2.48. The molecule has 2 aliphatic rings. The fourth-order valence-electron chi connectivity index (χ4n) is 9.97. The van der Waals surface area contributed by atoms with Crippen molar-refractivity contribution in [3.05, 3.63) is 35.6 Å². The smallest absolute Gasteiger partial charge is 0.254 e. The molecule has 78 heavy (non-hydrogen) atoms. The van der Waals surface area contributed by atoms with Crippen molar-refractivity contribution in [3.63, 3.8) is 0 Å². The van der Waals surface area contributed by atoms with E-state index in [-0.39, 0.29) is 55.5 Å². The van der Waals surface area contributed by atoms with Crippen LogP contribution in [0.15, 0.2) is 24.3 Å². The number of carbonyl (C=O) groups excluding carboxylic acids is 9. The highest BCUT2D eigenvalue weighted by molar-refractivity contribution is 6.01. The fourth-order valence-corrected chi connectivity index (χ4v) is 9.97. The molecule has 0 radical (unpaired) electrons. The van der Waals surface area contributed by atoms with Crippen molar-refractivity contribution < 1.29 is 47.5 Å². The molecule has 0 aromatic heterocycles. The molecule has 8 N–H and O–H groups in total. The topological polar surface area (TPSA) is 256 Å². The van der Waals surface area contributed by atoms with E-state index in [9.17, 15) is 47.5 Å². The maximum atomic E-state index is 14.5. The number of halogens is 1. The molecule has 1 saturated heterocycles. The average Bonchev–Trinajstić information content (AvgIpc) is 3.65. The number of amides is 9. The fraction of sp³-hybridized carbons (Fsp3) is 0.741. The lowest BCUT2D eigenvalue weighted by Gasteiger charge is -2.34. The highest BCUT2D eigenvalue weighted by Crippen LogP contribution is 2.37. The predicted octanol–water partition coefficient (Wildman–Crippen LogP) is 4.87.